The van der Waals surface area contributed by atoms with Gasteiger partial charge in [0.1, 0.15) is 0 Å². The topological polar surface area (TPSA) is 49.3 Å². The molecule has 2 N–H and O–H groups in total. The Hall–Kier alpha value is -1.13. The lowest BCUT2D eigenvalue weighted by atomic mass is 10.1. The lowest BCUT2D eigenvalue weighted by Gasteiger charge is -2.13. The van der Waals surface area contributed by atoms with Gasteiger partial charge in [0.05, 0.1) is 6.10 Å². The number of hydrogen-bond acceptors (Lipinski definition) is 2. The van der Waals surface area contributed by atoms with E-state index in [0.717, 1.165) is 10.0 Å². The van der Waals surface area contributed by atoms with Gasteiger partial charge in [-0.3, -0.25) is 4.79 Å². The highest BCUT2D eigenvalue weighted by Crippen LogP contribution is 2.11. The largest absolute Gasteiger partial charge is 0.393 e. The molecule has 2 unspecified atom stereocenters. The number of benzene rings is 1. The Kier molecular flexibility index (Phi) is 6.09. The lowest BCUT2D eigenvalue weighted by molar-refractivity contribution is -0.117. The summed E-state index contributed by atoms with van der Waals surface area (Å²) in [6.45, 7) is 3.58. The maximum Gasteiger partial charge on any atom is 0.244 e. The second kappa shape index (κ2) is 7.34. The number of halogens is 1. The second-order valence-corrected chi connectivity index (χ2v) is 5.29. The molecule has 4 heteroatoms. The normalized spacial score (nSPS) is 14.4. The molecule has 0 saturated heterocycles. The van der Waals surface area contributed by atoms with Gasteiger partial charge in [-0.15, -0.1) is 0 Å². The van der Waals surface area contributed by atoms with Crippen LogP contribution in [0.15, 0.2) is 34.8 Å². The molecule has 0 heterocycles. The van der Waals surface area contributed by atoms with E-state index in [1.165, 1.54) is 6.08 Å². The van der Waals surface area contributed by atoms with Crippen molar-refractivity contribution >= 4 is 27.9 Å². The van der Waals surface area contributed by atoms with E-state index >= 15 is 0 Å². The number of carbonyl (C=O) groups excluding carboxylic acids is 1. The van der Waals surface area contributed by atoms with E-state index in [1.54, 1.807) is 13.0 Å². The summed E-state index contributed by atoms with van der Waals surface area (Å²) in [5.41, 5.74) is 0.969. The summed E-state index contributed by atoms with van der Waals surface area (Å²) in [6, 6.07) is 7.66. The Morgan fingerprint density at radius 2 is 2.00 bits per heavy atom. The number of aliphatic hydroxyl groups excluding tert-OH is 1. The van der Waals surface area contributed by atoms with E-state index in [4.69, 9.17) is 0 Å². The molecule has 0 bridgehead atoms. The fraction of sp³-hybridized carbons (Fsp3) is 0.357. The minimum absolute atomic E-state index is 0.0351. The van der Waals surface area contributed by atoms with Crippen LogP contribution in [0.3, 0.4) is 0 Å². The lowest BCUT2D eigenvalue weighted by Crippen LogP contribution is -2.33. The molecular weight excluding hydrogens is 294 g/mol. The second-order valence-electron chi connectivity index (χ2n) is 4.38. The third kappa shape index (κ3) is 5.98. The van der Waals surface area contributed by atoms with Gasteiger partial charge in [-0.25, -0.2) is 0 Å². The summed E-state index contributed by atoms with van der Waals surface area (Å²) in [4.78, 5) is 11.6. The predicted molar refractivity (Wildman–Crippen MR) is 77.1 cm³/mol. The molecule has 0 fully saturated rings. The molecule has 3 nitrogen and oxygen atoms in total. The molecule has 0 spiro atoms. The van der Waals surface area contributed by atoms with Crippen LogP contribution in [0.4, 0.5) is 0 Å². The molecule has 1 aromatic rings. The molecule has 2 atom stereocenters. The summed E-state index contributed by atoms with van der Waals surface area (Å²) in [6.07, 6.45) is 3.41. The van der Waals surface area contributed by atoms with Crippen molar-refractivity contribution in [1.29, 1.82) is 0 Å². The highest BCUT2D eigenvalue weighted by atomic mass is 79.9. The Labute approximate surface area is 116 Å². The van der Waals surface area contributed by atoms with Crippen molar-refractivity contribution in [2.45, 2.75) is 32.4 Å². The maximum atomic E-state index is 11.6. The molecule has 0 radical (unpaired) electrons. The number of hydrogen-bond donors (Lipinski definition) is 2. The van der Waals surface area contributed by atoms with Crippen LogP contribution in [0, 0.1) is 0 Å². The fourth-order valence-electron chi connectivity index (χ4n) is 1.61. The van der Waals surface area contributed by atoms with Crippen LogP contribution in [-0.4, -0.2) is 23.2 Å². The van der Waals surface area contributed by atoms with Crippen LogP contribution >= 0.6 is 15.9 Å². The smallest absolute Gasteiger partial charge is 0.244 e. The van der Waals surface area contributed by atoms with Crippen LogP contribution in [0.2, 0.25) is 0 Å². The minimum Gasteiger partial charge on any atom is -0.393 e. The molecule has 1 amide bonds. The Bertz CT molecular complexity index is 412. The van der Waals surface area contributed by atoms with E-state index in [2.05, 4.69) is 21.2 Å². The Balaban J connectivity index is 2.46. The molecule has 1 rings (SSSR count). The highest BCUT2D eigenvalue weighted by molar-refractivity contribution is 9.10. The molecule has 0 aliphatic carbocycles. The van der Waals surface area contributed by atoms with E-state index in [-0.39, 0.29) is 11.9 Å². The van der Waals surface area contributed by atoms with Crippen molar-refractivity contribution in [3.05, 3.63) is 40.4 Å². The first-order valence-electron chi connectivity index (χ1n) is 5.89. The van der Waals surface area contributed by atoms with Crippen molar-refractivity contribution in [3.63, 3.8) is 0 Å². The third-order valence-electron chi connectivity index (χ3n) is 2.38. The molecule has 1 aromatic carbocycles. The first-order chi connectivity index (χ1) is 8.47. The summed E-state index contributed by atoms with van der Waals surface area (Å²) in [5.74, 6) is -0.147. The summed E-state index contributed by atoms with van der Waals surface area (Å²) in [5, 5.41) is 12.0. The SMILES string of the molecule is CC(O)CC(C)NC(=O)/C=C/c1ccc(Br)cc1. The quantitative estimate of drug-likeness (QED) is 0.821. The van der Waals surface area contributed by atoms with E-state index < -0.39 is 6.10 Å². The Morgan fingerprint density at radius 1 is 1.39 bits per heavy atom. The van der Waals surface area contributed by atoms with Crippen LogP contribution in [-0.2, 0) is 4.79 Å². The first-order valence-corrected chi connectivity index (χ1v) is 6.69. The molecule has 0 aliphatic heterocycles. The molecule has 0 aliphatic rings. The minimum atomic E-state index is -0.407. The van der Waals surface area contributed by atoms with Gasteiger partial charge in [0.2, 0.25) is 5.91 Å². The van der Waals surface area contributed by atoms with Gasteiger partial charge < -0.3 is 10.4 Å². The molecule has 0 aromatic heterocycles. The number of nitrogens with one attached hydrogen (secondary N) is 1. The van der Waals surface area contributed by atoms with Crippen LogP contribution in [0.25, 0.3) is 6.08 Å². The van der Waals surface area contributed by atoms with Gasteiger partial charge in [-0.05, 0) is 44.0 Å². The third-order valence-corrected chi connectivity index (χ3v) is 2.91. The van der Waals surface area contributed by atoms with E-state index in [0.29, 0.717) is 6.42 Å². The van der Waals surface area contributed by atoms with Crippen LogP contribution < -0.4 is 5.32 Å². The Morgan fingerprint density at radius 3 is 2.56 bits per heavy atom. The molecule has 18 heavy (non-hydrogen) atoms. The number of amides is 1. The molecule has 0 saturated carbocycles. The fourth-order valence-corrected chi connectivity index (χ4v) is 1.87. The molecule has 98 valence electrons. The number of carbonyl (C=O) groups is 1. The monoisotopic (exact) mass is 311 g/mol. The summed E-state index contributed by atoms with van der Waals surface area (Å²) in [7, 11) is 0. The van der Waals surface area contributed by atoms with Gasteiger partial charge >= 0.3 is 0 Å². The van der Waals surface area contributed by atoms with Crippen molar-refractivity contribution in [3.8, 4) is 0 Å². The standard InChI is InChI=1S/C14H18BrNO2/c1-10(9-11(2)17)16-14(18)8-5-12-3-6-13(15)7-4-12/h3-8,10-11,17H,9H2,1-2H3,(H,16,18)/b8-5+. The average Bonchev–Trinajstić information content (AvgIpc) is 2.27. The predicted octanol–water partition coefficient (Wildman–Crippen LogP) is 2.74. The van der Waals surface area contributed by atoms with Gasteiger partial charge in [0.15, 0.2) is 0 Å². The average molecular weight is 312 g/mol. The molecular formula is C14H18BrNO2. The van der Waals surface area contributed by atoms with E-state index in [1.807, 2.05) is 31.2 Å². The highest BCUT2D eigenvalue weighted by Gasteiger charge is 2.07. The van der Waals surface area contributed by atoms with Gasteiger partial charge in [0.25, 0.3) is 0 Å². The number of rotatable bonds is 5. The van der Waals surface area contributed by atoms with E-state index in [9.17, 15) is 9.90 Å². The van der Waals surface area contributed by atoms with Crippen molar-refractivity contribution in [2.75, 3.05) is 0 Å². The van der Waals surface area contributed by atoms with Gasteiger partial charge in [-0.1, -0.05) is 28.1 Å². The van der Waals surface area contributed by atoms with Crippen molar-refractivity contribution in [2.24, 2.45) is 0 Å². The number of aliphatic hydroxyl groups is 1. The zero-order valence-electron chi connectivity index (χ0n) is 10.6. The summed E-state index contributed by atoms with van der Waals surface area (Å²) < 4.78 is 1.01. The first kappa shape index (κ1) is 14.9. The maximum absolute atomic E-state index is 11.6. The summed E-state index contributed by atoms with van der Waals surface area (Å²) >= 11 is 3.35. The van der Waals surface area contributed by atoms with Crippen molar-refractivity contribution in [1.82, 2.24) is 5.32 Å². The van der Waals surface area contributed by atoms with Crippen LogP contribution in [0.1, 0.15) is 25.8 Å². The zero-order valence-corrected chi connectivity index (χ0v) is 12.1. The van der Waals surface area contributed by atoms with Crippen molar-refractivity contribution < 1.29 is 9.90 Å². The van der Waals surface area contributed by atoms with Gasteiger partial charge in [0, 0.05) is 16.6 Å². The zero-order chi connectivity index (χ0) is 13.5. The van der Waals surface area contributed by atoms with Gasteiger partial charge in [-0.2, -0.15) is 0 Å². The van der Waals surface area contributed by atoms with Crippen LogP contribution in [0.5, 0.6) is 0 Å².